The molecule has 0 amide bonds. The van der Waals surface area contributed by atoms with Crippen molar-refractivity contribution in [2.75, 3.05) is 0 Å². The summed E-state index contributed by atoms with van der Waals surface area (Å²) < 4.78 is 2.45. The first-order valence-electron chi connectivity index (χ1n) is 16.4. The summed E-state index contributed by atoms with van der Waals surface area (Å²) in [6, 6.07) is 60.1. The van der Waals surface area contributed by atoms with Gasteiger partial charge in [-0.3, -0.25) is 0 Å². The Hall–Kier alpha value is -5.92. The quantitative estimate of drug-likeness (QED) is 0.177. The fourth-order valence-electron chi connectivity index (χ4n) is 7.51. The molecule has 0 saturated heterocycles. The van der Waals surface area contributed by atoms with Gasteiger partial charge in [0, 0.05) is 16.2 Å². The molecule has 1 nitrogen and oxygen atoms in total. The van der Waals surface area contributed by atoms with E-state index >= 15 is 0 Å². The van der Waals surface area contributed by atoms with Gasteiger partial charge in [-0.1, -0.05) is 140 Å². The van der Waals surface area contributed by atoms with Crippen molar-refractivity contribution in [2.45, 2.75) is 13.8 Å². The summed E-state index contributed by atoms with van der Waals surface area (Å²) >= 11 is 0. The van der Waals surface area contributed by atoms with Crippen LogP contribution in [0.25, 0.3) is 82.4 Å². The Balaban J connectivity index is 1.14. The van der Waals surface area contributed by atoms with Gasteiger partial charge in [-0.05, 0) is 98.8 Å². The second-order valence-corrected chi connectivity index (χ2v) is 12.7. The van der Waals surface area contributed by atoms with Gasteiger partial charge >= 0.3 is 0 Å². The van der Waals surface area contributed by atoms with Crippen molar-refractivity contribution in [2.24, 2.45) is 0 Å². The Morgan fingerprint density at radius 2 is 0.894 bits per heavy atom. The molecule has 47 heavy (non-hydrogen) atoms. The summed E-state index contributed by atoms with van der Waals surface area (Å²) in [5, 5.41) is 7.61. The minimum Gasteiger partial charge on any atom is -0.309 e. The van der Waals surface area contributed by atoms with Gasteiger partial charge in [-0.15, -0.1) is 0 Å². The number of aryl methyl sites for hydroxylation is 2. The molecule has 1 heteroatoms. The van der Waals surface area contributed by atoms with Crippen LogP contribution in [-0.2, 0) is 0 Å². The molecule has 9 rings (SSSR count). The molecule has 0 spiro atoms. The Labute approximate surface area is 275 Å². The Kier molecular flexibility index (Phi) is 6.33. The second-order valence-electron chi connectivity index (χ2n) is 12.7. The minimum absolute atomic E-state index is 1.21. The van der Waals surface area contributed by atoms with E-state index in [0.29, 0.717) is 0 Å². The van der Waals surface area contributed by atoms with Crippen LogP contribution in [0.3, 0.4) is 0 Å². The number of nitrogens with zero attached hydrogens (tertiary/aromatic N) is 1. The smallest absolute Gasteiger partial charge is 0.0546 e. The van der Waals surface area contributed by atoms with Crippen LogP contribution in [0.5, 0.6) is 0 Å². The van der Waals surface area contributed by atoms with Gasteiger partial charge in [0.15, 0.2) is 0 Å². The molecule has 9 aromatic rings. The average Bonchev–Trinajstić information content (AvgIpc) is 3.45. The molecule has 1 heterocycles. The fraction of sp³-hybridized carbons (Fsp3) is 0.0435. The van der Waals surface area contributed by atoms with Gasteiger partial charge in [0.25, 0.3) is 0 Å². The first-order chi connectivity index (χ1) is 23.1. The summed E-state index contributed by atoms with van der Waals surface area (Å²) in [5.74, 6) is 0. The summed E-state index contributed by atoms with van der Waals surface area (Å²) in [5.41, 5.74) is 13.8. The van der Waals surface area contributed by atoms with E-state index in [2.05, 4.69) is 182 Å². The minimum atomic E-state index is 1.21. The lowest BCUT2D eigenvalue weighted by Crippen LogP contribution is -1.96. The molecule has 0 aliphatic rings. The van der Waals surface area contributed by atoms with Crippen LogP contribution in [0.4, 0.5) is 0 Å². The third-order valence-corrected chi connectivity index (χ3v) is 9.87. The molecule has 222 valence electrons. The predicted molar refractivity (Wildman–Crippen MR) is 202 cm³/mol. The first kappa shape index (κ1) is 27.4. The van der Waals surface area contributed by atoms with Crippen LogP contribution in [-0.4, -0.2) is 4.57 Å². The van der Waals surface area contributed by atoms with Crippen molar-refractivity contribution in [1.82, 2.24) is 4.57 Å². The standard InChI is InChI=1S/C46H33N/c1-30-11-3-5-13-37(30)38-25-23-34(27-31(38)2)32-19-21-33(22-20-32)35-24-26-45-43(28-35)42-17-9-10-18-44(42)47(45)46-29-36-12-4-6-14-39(36)40-15-7-8-16-41(40)46/h3-29H,1-2H3. The lowest BCUT2D eigenvalue weighted by atomic mass is 9.93. The van der Waals surface area contributed by atoms with Crippen LogP contribution in [0.15, 0.2) is 164 Å². The van der Waals surface area contributed by atoms with E-state index in [1.807, 2.05) is 0 Å². The van der Waals surface area contributed by atoms with Crippen LogP contribution in [0.2, 0.25) is 0 Å². The zero-order valence-electron chi connectivity index (χ0n) is 26.5. The number of fused-ring (bicyclic) bond motifs is 6. The number of para-hydroxylation sites is 1. The maximum Gasteiger partial charge on any atom is 0.0546 e. The summed E-state index contributed by atoms with van der Waals surface area (Å²) in [4.78, 5) is 0. The molecule has 0 N–H and O–H groups in total. The average molecular weight is 600 g/mol. The Bertz CT molecular complexity index is 2640. The van der Waals surface area contributed by atoms with Crippen LogP contribution >= 0.6 is 0 Å². The molecule has 0 atom stereocenters. The van der Waals surface area contributed by atoms with E-state index in [4.69, 9.17) is 0 Å². The van der Waals surface area contributed by atoms with Gasteiger partial charge in [0.05, 0.1) is 16.7 Å². The molecular formula is C46H33N. The van der Waals surface area contributed by atoms with Gasteiger partial charge in [-0.2, -0.15) is 0 Å². The monoisotopic (exact) mass is 599 g/mol. The summed E-state index contributed by atoms with van der Waals surface area (Å²) in [6.45, 7) is 4.40. The van der Waals surface area contributed by atoms with Crippen molar-refractivity contribution >= 4 is 43.4 Å². The molecule has 0 bridgehead atoms. The van der Waals surface area contributed by atoms with Crippen LogP contribution in [0.1, 0.15) is 11.1 Å². The fourth-order valence-corrected chi connectivity index (χ4v) is 7.51. The second kappa shape index (κ2) is 10.9. The van der Waals surface area contributed by atoms with Crippen molar-refractivity contribution in [1.29, 1.82) is 0 Å². The van der Waals surface area contributed by atoms with Crippen LogP contribution in [0, 0.1) is 13.8 Å². The van der Waals surface area contributed by atoms with Gasteiger partial charge in [0.1, 0.15) is 0 Å². The number of hydrogen-bond donors (Lipinski definition) is 0. The van der Waals surface area contributed by atoms with Crippen molar-refractivity contribution in [3.63, 3.8) is 0 Å². The zero-order valence-corrected chi connectivity index (χ0v) is 26.5. The van der Waals surface area contributed by atoms with Crippen molar-refractivity contribution < 1.29 is 0 Å². The molecule has 0 unspecified atom stereocenters. The highest BCUT2D eigenvalue weighted by Gasteiger charge is 2.16. The molecule has 0 aliphatic carbocycles. The van der Waals surface area contributed by atoms with Crippen molar-refractivity contribution in [3.8, 4) is 39.1 Å². The molecular weight excluding hydrogens is 567 g/mol. The van der Waals surface area contributed by atoms with Gasteiger partial charge in [0.2, 0.25) is 0 Å². The number of rotatable bonds is 4. The third-order valence-electron chi connectivity index (χ3n) is 9.87. The van der Waals surface area contributed by atoms with E-state index in [-0.39, 0.29) is 0 Å². The maximum atomic E-state index is 2.45. The van der Waals surface area contributed by atoms with E-state index < -0.39 is 0 Å². The summed E-state index contributed by atoms with van der Waals surface area (Å²) in [6.07, 6.45) is 0. The Morgan fingerprint density at radius 1 is 0.340 bits per heavy atom. The van der Waals surface area contributed by atoms with Gasteiger partial charge < -0.3 is 4.57 Å². The van der Waals surface area contributed by atoms with E-state index in [9.17, 15) is 0 Å². The zero-order chi connectivity index (χ0) is 31.5. The Morgan fingerprint density at radius 3 is 1.66 bits per heavy atom. The number of hydrogen-bond acceptors (Lipinski definition) is 0. The molecule has 0 aliphatic heterocycles. The molecule has 8 aromatic carbocycles. The number of benzene rings is 8. The lowest BCUT2D eigenvalue weighted by Gasteiger charge is -2.14. The van der Waals surface area contributed by atoms with E-state index in [0.717, 1.165) is 0 Å². The highest BCUT2D eigenvalue weighted by molar-refractivity contribution is 6.15. The largest absolute Gasteiger partial charge is 0.309 e. The molecule has 1 aromatic heterocycles. The molecule has 0 saturated carbocycles. The predicted octanol–water partition coefficient (Wildman–Crippen LogP) is 12.7. The maximum absolute atomic E-state index is 2.45. The van der Waals surface area contributed by atoms with E-state index in [1.165, 1.54) is 93.5 Å². The molecule has 0 radical (unpaired) electrons. The number of aromatic nitrogens is 1. The normalized spacial score (nSPS) is 11.6. The van der Waals surface area contributed by atoms with E-state index in [1.54, 1.807) is 0 Å². The SMILES string of the molecule is Cc1ccccc1-c1ccc(-c2ccc(-c3ccc4c(c3)c3ccccc3n4-c3cc4ccccc4c4ccccc34)cc2)cc1C. The highest BCUT2D eigenvalue weighted by atomic mass is 15.0. The van der Waals surface area contributed by atoms with Crippen LogP contribution < -0.4 is 0 Å². The summed E-state index contributed by atoms with van der Waals surface area (Å²) in [7, 11) is 0. The molecule has 0 fully saturated rings. The third kappa shape index (κ3) is 4.47. The highest BCUT2D eigenvalue weighted by Crippen LogP contribution is 2.39. The topological polar surface area (TPSA) is 4.93 Å². The van der Waals surface area contributed by atoms with Gasteiger partial charge in [-0.25, -0.2) is 0 Å². The lowest BCUT2D eigenvalue weighted by molar-refractivity contribution is 1.20. The first-order valence-corrected chi connectivity index (χ1v) is 16.4. The van der Waals surface area contributed by atoms with Crippen molar-refractivity contribution in [3.05, 3.63) is 175 Å².